The number of halogens is 1. The van der Waals surface area contributed by atoms with Crippen LogP contribution in [0.4, 0.5) is 21.7 Å². The van der Waals surface area contributed by atoms with Crippen molar-refractivity contribution in [2.75, 3.05) is 17.7 Å². The van der Waals surface area contributed by atoms with Gasteiger partial charge >= 0.3 is 0 Å². The highest BCUT2D eigenvalue weighted by Gasteiger charge is 2.04. The van der Waals surface area contributed by atoms with Crippen molar-refractivity contribution in [2.45, 2.75) is 6.92 Å². The molecule has 0 fully saturated rings. The topological polar surface area (TPSA) is 49.8 Å². The van der Waals surface area contributed by atoms with Gasteiger partial charge in [0.25, 0.3) is 0 Å². The maximum Gasteiger partial charge on any atom is 0.146 e. The average molecular weight is 232 g/mol. The zero-order valence-electron chi connectivity index (χ0n) is 9.66. The summed E-state index contributed by atoms with van der Waals surface area (Å²) in [6, 6.07) is 8.18. The Hall–Kier alpha value is -2.17. The molecule has 1 aromatic carbocycles. The van der Waals surface area contributed by atoms with Crippen LogP contribution in [-0.2, 0) is 0 Å². The summed E-state index contributed by atoms with van der Waals surface area (Å²) in [5.41, 5.74) is 0.396. The van der Waals surface area contributed by atoms with Crippen molar-refractivity contribution in [1.29, 1.82) is 0 Å². The van der Waals surface area contributed by atoms with Crippen LogP contribution in [0.25, 0.3) is 0 Å². The van der Waals surface area contributed by atoms with Crippen LogP contribution in [0.2, 0.25) is 0 Å². The second kappa shape index (κ2) is 4.78. The molecule has 2 rings (SSSR count). The van der Waals surface area contributed by atoms with Crippen molar-refractivity contribution < 1.29 is 4.39 Å². The molecule has 0 aliphatic heterocycles. The maximum atomic E-state index is 13.4. The summed E-state index contributed by atoms with van der Waals surface area (Å²) in [4.78, 5) is 8.35. The molecule has 0 aliphatic rings. The van der Waals surface area contributed by atoms with Crippen LogP contribution in [0.1, 0.15) is 5.82 Å². The second-order valence-corrected chi connectivity index (χ2v) is 3.54. The molecule has 1 heterocycles. The van der Waals surface area contributed by atoms with Crippen LogP contribution in [0, 0.1) is 12.7 Å². The monoisotopic (exact) mass is 232 g/mol. The molecule has 88 valence electrons. The summed E-state index contributed by atoms with van der Waals surface area (Å²) in [7, 11) is 1.77. The van der Waals surface area contributed by atoms with E-state index >= 15 is 0 Å². The molecule has 0 spiro atoms. The van der Waals surface area contributed by atoms with Gasteiger partial charge in [0.05, 0.1) is 5.69 Å². The number of aryl methyl sites for hydroxylation is 1. The highest BCUT2D eigenvalue weighted by Crippen LogP contribution is 2.19. The maximum absolute atomic E-state index is 13.4. The minimum atomic E-state index is -0.310. The number of benzene rings is 1. The molecule has 0 radical (unpaired) electrons. The van der Waals surface area contributed by atoms with E-state index in [9.17, 15) is 4.39 Å². The van der Waals surface area contributed by atoms with E-state index in [1.807, 2.05) is 0 Å². The van der Waals surface area contributed by atoms with E-state index in [1.165, 1.54) is 6.07 Å². The van der Waals surface area contributed by atoms with Crippen molar-refractivity contribution in [3.63, 3.8) is 0 Å². The quantitative estimate of drug-likeness (QED) is 0.854. The first-order chi connectivity index (χ1) is 8.19. The van der Waals surface area contributed by atoms with Crippen LogP contribution in [0.15, 0.2) is 30.3 Å². The molecule has 0 saturated heterocycles. The van der Waals surface area contributed by atoms with Gasteiger partial charge in [-0.3, -0.25) is 0 Å². The summed E-state index contributed by atoms with van der Waals surface area (Å²) in [5.74, 6) is 1.56. The van der Waals surface area contributed by atoms with Crippen molar-refractivity contribution in [1.82, 2.24) is 9.97 Å². The first-order valence-corrected chi connectivity index (χ1v) is 5.24. The Kier molecular flexibility index (Phi) is 3.18. The van der Waals surface area contributed by atoms with Gasteiger partial charge in [-0.1, -0.05) is 12.1 Å². The zero-order valence-corrected chi connectivity index (χ0v) is 9.66. The fourth-order valence-corrected chi connectivity index (χ4v) is 1.46. The third kappa shape index (κ3) is 2.69. The Morgan fingerprint density at radius 1 is 1.12 bits per heavy atom. The predicted octanol–water partition coefficient (Wildman–Crippen LogP) is 2.71. The highest BCUT2D eigenvalue weighted by atomic mass is 19.1. The second-order valence-electron chi connectivity index (χ2n) is 3.54. The number of nitrogens with one attached hydrogen (secondary N) is 2. The average Bonchev–Trinajstić information content (AvgIpc) is 2.31. The van der Waals surface area contributed by atoms with Gasteiger partial charge in [-0.25, -0.2) is 14.4 Å². The molecule has 0 aliphatic carbocycles. The predicted molar refractivity (Wildman–Crippen MR) is 66.0 cm³/mol. The lowest BCUT2D eigenvalue weighted by atomic mass is 10.3. The summed E-state index contributed by atoms with van der Waals surface area (Å²) < 4.78 is 13.4. The summed E-state index contributed by atoms with van der Waals surface area (Å²) in [6.45, 7) is 1.79. The van der Waals surface area contributed by atoms with Crippen molar-refractivity contribution in [2.24, 2.45) is 0 Å². The molecule has 0 unspecified atom stereocenters. The van der Waals surface area contributed by atoms with Gasteiger partial charge in [-0.2, -0.15) is 0 Å². The Labute approximate surface area is 98.9 Å². The molecule has 0 amide bonds. The lowest BCUT2D eigenvalue weighted by molar-refractivity contribution is 0.632. The smallest absolute Gasteiger partial charge is 0.146 e. The van der Waals surface area contributed by atoms with E-state index in [2.05, 4.69) is 20.6 Å². The number of rotatable bonds is 3. The van der Waals surface area contributed by atoms with Crippen LogP contribution >= 0.6 is 0 Å². The lowest BCUT2D eigenvalue weighted by Gasteiger charge is -2.08. The van der Waals surface area contributed by atoms with Gasteiger partial charge in [0.1, 0.15) is 23.3 Å². The van der Waals surface area contributed by atoms with Crippen LogP contribution in [0.3, 0.4) is 0 Å². The molecule has 2 N–H and O–H groups in total. The van der Waals surface area contributed by atoms with E-state index < -0.39 is 0 Å². The van der Waals surface area contributed by atoms with Crippen molar-refractivity contribution >= 4 is 17.3 Å². The van der Waals surface area contributed by atoms with Crippen LogP contribution < -0.4 is 10.6 Å². The van der Waals surface area contributed by atoms with E-state index in [-0.39, 0.29) is 5.82 Å². The van der Waals surface area contributed by atoms with Crippen LogP contribution in [-0.4, -0.2) is 17.0 Å². The van der Waals surface area contributed by atoms with E-state index in [0.29, 0.717) is 23.1 Å². The van der Waals surface area contributed by atoms with Crippen molar-refractivity contribution in [3.8, 4) is 0 Å². The number of nitrogens with zero attached hydrogens (tertiary/aromatic N) is 2. The standard InChI is InChI=1S/C12H13FN4/c1-8-15-11(14-2)7-12(16-8)17-10-6-4-3-5-9(10)13/h3-7H,1-2H3,(H2,14,15,16,17). The van der Waals surface area contributed by atoms with Gasteiger partial charge in [-0.15, -0.1) is 0 Å². The molecule has 1 aromatic heterocycles. The Balaban J connectivity index is 2.30. The zero-order chi connectivity index (χ0) is 12.3. The summed E-state index contributed by atoms with van der Waals surface area (Å²) >= 11 is 0. The van der Waals surface area contributed by atoms with Gasteiger partial charge in [0.15, 0.2) is 0 Å². The van der Waals surface area contributed by atoms with Gasteiger partial charge in [0.2, 0.25) is 0 Å². The van der Waals surface area contributed by atoms with Crippen LogP contribution in [0.5, 0.6) is 0 Å². The highest BCUT2D eigenvalue weighted by molar-refractivity contribution is 5.59. The molecule has 0 bridgehead atoms. The Morgan fingerprint density at radius 2 is 1.82 bits per heavy atom. The number of para-hydroxylation sites is 1. The summed E-state index contributed by atoms with van der Waals surface area (Å²) in [5, 5.41) is 5.85. The Morgan fingerprint density at radius 3 is 2.53 bits per heavy atom. The SMILES string of the molecule is CNc1cc(Nc2ccccc2F)nc(C)n1. The molecule has 4 nitrogen and oxygen atoms in total. The molecular formula is C12H13FN4. The number of anilines is 3. The third-order valence-corrected chi connectivity index (χ3v) is 2.23. The number of aromatic nitrogens is 2. The summed E-state index contributed by atoms with van der Waals surface area (Å²) in [6.07, 6.45) is 0. The Bertz CT molecular complexity index is 528. The molecule has 2 aromatic rings. The van der Waals surface area contributed by atoms with E-state index in [0.717, 1.165) is 0 Å². The number of hydrogen-bond acceptors (Lipinski definition) is 4. The van der Waals surface area contributed by atoms with E-state index in [1.54, 1.807) is 38.2 Å². The molecule has 17 heavy (non-hydrogen) atoms. The molecule has 0 saturated carbocycles. The number of hydrogen-bond donors (Lipinski definition) is 2. The largest absolute Gasteiger partial charge is 0.373 e. The molecular weight excluding hydrogens is 219 g/mol. The molecule has 5 heteroatoms. The first kappa shape index (κ1) is 11.3. The molecule has 0 atom stereocenters. The lowest BCUT2D eigenvalue weighted by Crippen LogP contribution is -2.02. The normalized spacial score (nSPS) is 10.1. The minimum Gasteiger partial charge on any atom is -0.373 e. The van der Waals surface area contributed by atoms with E-state index in [4.69, 9.17) is 0 Å². The fraction of sp³-hybridized carbons (Fsp3) is 0.167. The van der Waals surface area contributed by atoms with Gasteiger partial charge in [0, 0.05) is 13.1 Å². The fourth-order valence-electron chi connectivity index (χ4n) is 1.46. The first-order valence-electron chi connectivity index (χ1n) is 5.24. The van der Waals surface area contributed by atoms with Gasteiger partial charge < -0.3 is 10.6 Å². The van der Waals surface area contributed by atoms with Gasteiger partial charge in [-0.05, 0) is 19.1 Å². The minimum absolute atomic E-state index is 0.310. The van der Waals surface area contributed by atoms with Crippen molar-refractivity contribution in [3.05, 3.63) is 42.0 Å². The third-order valence-electron chi connectivity index (χ3n) is 2.23.